The van der Waals surface area contributed by atoms with Crippen LogP contribution in [0.1, 0.15) is 252 Å². The molecule has 45 heteroatoms. The van der Waals surface area contributed by atoms with E-state index in [0.29, 0.717) is 80.3 Å². The van der Waals surface area contributed by atoms with Crippen LogP contribution >= 0.6 is 160 Å². The topological polar surface area (TPSA) is 330 Å². The van der Waals surface area contributed by atoms with Gasteiger partial charge in [-0.15, -0.1) is 60.6 Å². The molecule has 0 aliphatic carbocycles. The summed E-state index contributed by atoms with van der Waals surface area (Å²) in [5, 5.41) is 22.9. The summed E-state index contributed by atoms with van der Waals surface area (Å²) in [4.78, 5) is 121. The van der Waals surface area contributed by atoms with Crippen LogP contribution in [-0.2, 0) is 49.6 Å². The van der Waals surface area contributed by atoms with Crippen LogP contribution in [0.25, 0.3) is 0 Å². The first-order chi connectivity index (χ1) is 67.0. The Morgan fingerprint density at radius 1 is 0.405 bits per heavy atom. The minimum absolute atomic E-state index is 0. The van der Waals surface area contributed by atoms with Crippen molar-refractivity contribution in [1.82, 2.24) is 35.6 Å². The molecule has 148 heavy (non-hydrogen) atoms. The van der Waals surface area contributed by atoms with Crippen LogP contribution in [0.15, 0.2) is 182 Å². The number of carbonyl (C=O) groups excluding carboxylic acids is 9. The van der Waals surface area contributed by atoms with Gasteiger partial charge < -0.3 is 123 Å². The van der Waals surface area contributed by atoms with E-state index >= 15 is 0 Å². The molecular weight excluding hydrogens is 2820 g/mol. The Bertz CT molecular complexity index is 4300. The molecule has 7 N–H and O–H groups in total. The van der Waals surface area contributed by atoms with E-state index in [9.17, 15) is 48.1 Å². The van der Waals surface area contributed by atoms with Crippen LogP contribution < -0.4 is 193 Å². The van der Waals surface area contributed by atoms with Crippen molar-refractivity contribution >= 4 is 251 Å². The number of fused-ring (bicyclic) bond motifs is 6. The van der Waals surface area contributed by atoms with Gasteiger partial charge in [0.2, 0.25) is 51.2 Å². The van der Waals surface area contributed by atoms with Gasteiger partial charge in [0.1, 0.15) is 17.3 Å². The predicted octanol–water partition coefficient (Wildman–Crippen LogP) is 7.01. The normalized spacial score (nSPS) is 18.9. The summed E-state index contributed by atoms with van der Waals surface area (Å²) >= 11 is 22.2. The summed E-state index contributed by atoms with van der Waals surface area (Å²) in [6, 6.07) is 56.9. The van der Waals surface area contributed by atoms with Crippen LogP contribution in [0.2, 0.25) is 0 Å². The van der Waals surface area contributed by atoms with Gasteiger partial charge in [-0.3, -0.25) is 43.2 Å². The third-order valence-corrected chi connectivity index (χ3v) is 38.1. The minimum atomic E-state index is -1.67. The molecule has 10 heterocycles. The molecule has 0 saturated carbocycles. The van der Waals surface area contributed by atoms with Crippen LogP contribution in [0.3, 0.4) is 0 Å². The van der Waals surface area contributed by atoms with Crippen molar-refractivity contribution in [2.45, 2.75) is 255 Å². The summed E-state index contributed by atoms with van der Waals surface area (Å²) in [6.07, 6.45) is 40.9. The molecule has 10 aliphatic heterocycles. The third-order valence-electron chi connectivity index (χ3n) is 24.3. The maximum absolute atomic E-state index is 12.0. The standard InChI is InChI=1S/C18H26NOP.C17H24NOP.C13H22NOP.C10H12INO.C9H12ClN2O.C9H10ClNO.C9H10INO.C5H8ClNO.C5H8INO.C5H9NO2.3CH4.Cl2OS.ClH.3HI.3Na.O2S/c20-18(19-15-7-2-1-3-8-15)13-6-14-21-16-9-4-10-17(21)12-5-11-16;19-17(14-6-2-1-3-7-14)18-12-13-20-15-8-4-9-16(20)11-5-10-15;15-13-8-3-9-14(13)10-16-11-4-1-5-12(16)7-2-6-11;11-8-4-7-10(13)12-9-5-2-1-3-6-9;10-7-4-8-12(13)11-9-5-2-1-3-6-9;2*10-6-7-11-9(12)8-4-2-1-3-5-8;2*6-4-7-3-1-2-5(7)8;7-4-6-3-1-2-5(6)8;;;;1-4(2)3;;;;;;;;1-3-2/h1-3,7-8,16-17H,4-6,9-14H2,(H,19,20);1-3,6-7,15-16H,4-5,8-13H2,(H,18,19);11-12H,1-10H2;1-3,5-6H,4,7-8H2,(H,12,13);1-3,5-6H,4,7-8H2,(H,11,13);2*1-5H,6-7H2,(H,11,12);2*1-4H2;7H,1-4H2;3*1H4;;4*1H;;;;/q;;;;+1;;;;;;;;;;;;;;3*+1;/p-3. The molecule has 6 aromatic rings. The molecule has 10 fully saturated rings. The molecule has 0 unspecified atom stereocenters. The number of likely N-dealkylation sites (tertiary alicyclic amines) is 4. The molecule has 6 aromatic carbocycles. The summed E-state index contributed by atoms with van der Waals surface area (Å²) in [5.41, 5.74) is 13.6. The van der Waals surface area contributed by atoms with Crippen molar-refractivity contribution < 1.29 is 226 Å². The Morgan fingerprint density at radius 3 is 0.986 bits per heavy atom. The number of nitrogens with one attached hydrogen (secondary N) is 6. The summed E-state index contributed by atoms with van der Waals surface area (Å²) in [6.45, 7) is 6.00. The fourth-order valence-electron chi connectivity index (χ4n) is 17.6. The largest absolute Gasteiger partial charge is 1.00 e. The maximum Gasteiger partial charge on any atom is 1.00 e. The second-order valence-electron chi connectivity index (χ2n) is 33.9. The van der Waals surface area contributed by atoms with E-state index in [0.717, 1.165) is 177 Å². The quantitative estimate of drug-likeness (QED) is 0.00363. The van der Waals surface area contributed by atoms with E-state index in [-0.39, 0.29) is 267 Å². The molecule has 0 spiro atoms. The first-order valence-electron chi connectivity index (χ1n) is 48.0. The summed E-state index contributed by atoms with van der Waals surface area (Å²) < 4.78 is 28.5. The monoisotopic (exact) mass is 2970 g/mol. The molecule has 6 bridgehead atoms. The van der Waals surface area contributed by atoms with E-state index in [1.807, 2.05) is 175 Å². The number of aliphatic hydroxyl groups is 1. The average Bonchev–Trinajstić information content (AvgIpc) is 1.30. The van der Waals surface area contributed by atoms with Crippen molar-refractivity contribution in [2.24, 2.45) is 0 Å². The maximum atomic E-state index is 12.0. The van der Waals surface area contributed by atoms with Gasteiger partial charge in [0.15, 0.2) is 0 Å². The van der Waals surface area contributed by atoms with Crippen molar-refractivity contribution in [3.63, 3.8) is 0 Å². The van der Waals surface area contributed by atoms with E-state index in [2.05, 4.69) is 126 Å². The summed E-state index contributed by atoms with van der Waals surface area (Å²) in [7, 11) is 7.91. The van der Waals surface area contributed by atoms with E-state index < -0.39 is 20.8 Å². The number of halogens is 12. The Hall–Kier alpha value is 0.290. The number of hydrogen-bond acceptors (Lipinski definition) is 14. The molecule has 818 valence electrons. The van der Waals surface area contributed by atoms with E-state index in [4.69, 9.17) is 52.5 Å². The number of hydrogen-bond donors (Lipinski definition) is 7. The van der Waals surface area contributed by atoms with Gasteiger partial charge in [-0.25, -0.2) is 4.21 Å². The van der Waals surface area contributed by atoms with Crippen molar-refractivity contribution in [3.05, 3.63) is 204 Å². The number of amides is 9. The van der Waals surface area contributed by atoms with Gasteiger partial charge in [0, 0.05) is 167 Å². The van der Waals surface area contributed by atoms with E-state index in [1.54, 1.807) is 17.0 Å². The number of para-hydroxylation sites is 3. The van der Waals surface area contributed by atoms with Gasteiger partial charge in [-0.2, -0.15) is 8.42 Å². The van der Waals surface area contributed by atoms with Crippen LogP contribution in [-0.4, -0.2) is 238 Å². The number of nitroso groups, excluding NO2 is 1. The molecule has 10 saturated heterocycles. The molecule has 16 rings (SSSR count). The smallest absolute Gasteiger partial charge is 1.00 e. The zero-order chi connectivity index (χ0) is 100. The number of alkyl halides is 6. The zero-order valence-corrected chi connectivity index (χ0v) is 112. The second-order valence-corrected chi connectivity index (χ2v) is 49.0. The molecular formula is C103H154Cl6I6N11Na3O14P3S2+. The Balaban J connectivity index is -0.000000378. The number of aliphatic hydroxyl groups excluding tert-OH is 1. The Morgan fingerprint density at radius 2 is 0.703 bits per heavy atom. The van der Waals surface area contributed by atoms with Gasteiger partial charge >= 0.3 is 100 Å². The molecule has 9 amide bonds. The van der Waals surface area contributed by atoms with Crippen molar-refractivity contribution in [2.75, 3.05) is 125 Å². The Labute approximate surface area is 1080 Å². The predicted molar refractivity (Wildman–Crippen MR) is 625 cm³/mol. The molecule has 25 nitrogen and oxygen atoms in total. The first kappa shape index (κ1) is 159. The molecule has 0 radical (unpaired) electrons. The third kappa shape index (κ3) is 69.8. The van der Waals surface area contributed by atoms with Gasteiger partial charge in [0.25, 0.3) is 17.7 Å². The van der Waals surface area contributed by atoms with Gasteiger partial charge in [0.05, 0.1) is 15.5 Å². The average molecular weight is 2970 g/mol. The molecule has 0 atom stereocenters. The number of anilines is 3. The van der Waals surface area contributed by atoms with Crippen LogP contribution in [0.4, 0.5) is 17.1 Å². The summed E-state index contributed by atoms with van der Waals surface area (Å²) in [5.74, 6) is 2.28. The second kappa shape index (κ2) is 101. The number of nitrogens with zero attached hydrogens (tertiary/aromatic N) is 5. The fraction of sp³-hybridized carbons (Fsp3) is 0.563. The van der Waals surface area contributed by atoms with E-state index in [1.165, 1.54) is 133 Å². The number of rotatable bonds is 29. The first-order valence-corrected chi connectivity index (χ1v) is 62.7. The van der Waals surface area contributed by atoms with Crippen molar-refractivity contribution in [1.29, 1.82) is 0 Å². The van der Waals surface area contributed by atoms with Gasteiger partial charge in [-0.05, 0) is 235 Å². The SMILES string of the molecule is C.C.C.Cl.O=C(CCCI)Nc1ccccc1.O=C(CCCP1C2CCCC1CCC2)Nc1ccccc1.O=C(NCCCl)c1ccccc1.O=C(NCCI)c1ccccc1.O=C(NCCP1C2CCCC1CCC2)c1ccccc1.O=C1CCCN1CCl.O=C1CCCN1CI.O=C1CCCN1CO.O=C1CCCN1CP1C2CCCC1CCC2.O=S(Cl)Cl.O=S=O.O=[N+](CCCCl)Nc1ccccc1.[I-].[I-].[I-].[Na+].[Na+].[Na+]. The van der Waals surface area contributed by atoms with Crippen LogP contribution in [0.5, 0.6) is 0 Å². The van der Waals surface area contributed by atoms with Crippen molar-refractivity contribution in [3.8, 4) is 0 Å². The fourth-order valence-corrected chi connectivity index (χ4v) is 30.9. The zero-order valence-electron chi connectivity index (χ0n) is 83.6. The minimum Gasteiger partial charge on any atom is -1.00 e. The van der Waals surface area contributed by atoms with Gasteiger partial charge in [-0.1, -0.05) is 254 Å². The number of hydrazine groups is 1. The molecule has 0 aromatic heterocycles. The molecule has 10 aliphatic rings. The van der Waals surface area contributed by atoms with Crippen LogP contribution in [0, 0.1) is 4.91 Å². The number of carbonyl (C=O) groups is 9. The Kier molecular flexibility index (Phi) is 109. The number of benzene rings is 6.